The number of nitrogens with one attached hydrogen (secondary N) is 1. The van der Waals surface area contributed by atoms with Gasteiger partial charge in [-0.15, -0.1) is 11.3 Å². The van der Waals surface area contributed by atoms with Crippen LogP contribution < -0.4 is 5.32 Å². The lowest BCUT2D eigenvalue weighted by Gasteiger charge is -2.30. The Morgan fingerprint density at radius 1 is 1.21 bits per heavy atom. The SMILES string of the molecule is O=C(COC(=O)C1CCN(C(=O)c2cccs2)CC1)Nc1cccc([N+](=O)[O-])c1. The third kappa shape index (κ3) is 5.38. The number of nitrogens with zero attached hydrogens (tertiary/aromatic N) is 2. The van der Waals surface area contributed by atoms with Gasteiger partial charge in [0.15, 0.2) is 6.61 Å². The first-order chi connectivity index (χ1) is 13.9. The maximum atomic E-state index is 12.3. The summed E-state index contributed by atoms with van der Waals surface area (Å²) in [6.45, 7) is 0.433. The van der Waals surface area contributed by atoms with E-state index in [-0.39, 0.29) is 23.2 Å². The maximum Gasteiger partial charge on any atom is 0.309 e. The second-order valence-corrected chi connectivity index (χ2v) is 7.45. The van der Waals surface area contributed by atoms with Gasteiger partial charge in [-0.2, -0.15) is 0 Å². The molecule has 0 aliphatic carbocycles. The molecule has 1 aliphatic rings. The summed E-state index contributed by atoms with van der Waals surface area (Å²) in [7, 11) is 0. The Morgan fingerprint density at radius 3 is 2.62 bits per heavy atom. The zero-order valence-corrected chi connectivity index (χ0v) is 16.2. The number of thiophene rings is 1. The number of hydrogen-bond acceptors (Lipinski definition) is 7. The summed E-state index contributed by atoms with van der Waals surface area (Å²) in [6, 6.07) is 9.08. The normalized spacial score (nSPS) is 14.3. The molecular weight excluding hydrogens is 398 g/mol. The molecule has 0 unspecified atom stereocenters. The van der Waals surface area contributed by atoms with Crippen LogP contribution in [0, 0.1) is 16.0 Å². The molecule has 1 aromatic heterocycles. The molecule has 0 bridgehead atoms. The smallest absolute Gasteiger partial charge is 0.309 e. The van der Waals surface area contributed by atoms with Gasteiger partial charge in [0, 0.05) is 30.9 Å². The van der Waals surface area contributed by atoms with Gasteiger partial charge in [0.2, 0.25) is 0 Å². The van der Waals surface area contributed by atoms with Gasteiger partial charge in [-0.1, -0.05) is 12.1 Å². The highest BCUT2D eigenvalue weighted by Crippen LogP contribution is 2.22. The molecule has 1 N–H and O–H groups in total. The molecule has 1 saturated heterocycles. The van der Waals surface area contributed by atoms with Gasteiger partial charge in [-0.3, -0.25) is 24.5 Å². The number of likely N-dealkylation sites (tertiary alicyclic amines) is 1. The quantitative estimate of drug-likeness (QED) is 0.438. The van der Waals surface area contributed by atoms with Crippen molar-refractivity contribution >= 4 is 40.5 Å². The van der Waals surface area contributed by atoms with Crippen LogP contribution in [0.3, 0.4) is 0 Å². The Hall–Kier alpha value is -3.27. The third-order valence-electron chi connectivity index (χ3n) is 4.53. The standard InChI is InChI=1S/C19H19N3O6S/c23-17(20-14-3-1-4-15(11-14)22(26)27)12-28-19(25)13-6-8-21(9-7-13)18(24)16-5-2-10-29-16/h1-5,10-11,13H,6-9,12H2,(H,20,23). The van der Waals surface area contributed by atoms with Crippen LogP contribution in [0.5, 0.6) is 0 Å². The second-order valence-electron chi connectivity index (χ2n) is 6.51. The van der Waals surface area contributed by atoms with Gasteiger partial charge in [0.05, 0.1) is 15.7 Å². The molecule has 2 amide bonds. The van der Waals surface area contributed by atoms with E-state index in [1.807, 2.05) is 11.4 Å². The first-order valence-electron chi connectivity index (χ1n) is 8.98. The highest BCUT2D eigenvalue weighted by Gasteiger charge is 2.29. The van der Waals surface area contributed by atoms with Crippen LogP contribution in [-0.2, 0) is 14.3 Å². The number of hydrogen-bond donors (Lipinski definition) is 1. The van der Waals surface area contributed by atoms with Crippen LogP contribution in [-0.4, -0.2) is 47.3 Å². The Labute approximate surface area is 170 Å². The van der Waals surface area contributed by atoms with E-state index in [4.69, 9.17) is 4.74 Å². The van der Waals surface area contributed by atoms with Crippen LogP contribution >= 0.6 is 11.3 Å². The fourth-order valence-corrected chi connectivity index (χ4v) is 3.71. The van der Waals surface area contributed by atoms with Gasteiger partial charge in [0.1, 0.15) is 0 Å². The number of non-ortho nitro benzene ring substituents is 1. The number of rotatable bonds is 6. The summed E-state index contributed by atoms with van der Waals surface area (Å²) in [5, 5.41) is 15.1. The van der Waals surface area contributed by atoms with Gasteiger partial charge < -0.3 is 15.0 Å². The van der Waals surface area contributed by atoms with Crippen molar-refractivity contribution in [1.29, 1.82) is 0 Å². The molecule has 1 fully saturated rings. The summed E-state index contributed by atoms with van der Waals surface area (Å²) in [4.78, 5) is 49.1. The predicted octanol–water partition coefficient (Wildman–Crippen LogP) is 2.69. The number of ether oxygens (including phenoxy) is 1. The number of esters is 1. The summed E-state index contributed by atoms with van der Waals surface area (Å²) in [6.07, 6.45) is 0.949. The van der Waals surface area contributed by atoms with Gasteiger partial charge in [-0.05, 0) is 30.4 Å². The van der Waals surface area contributed by atoms with Crippen molar-refractivity contribution in [2.24, 2.45) is 5.92 Å². The van der Waals surface area contributed by atoms with E-state index in [2.05, 4.69) is 5.32 Å². The second kappa shape index (κ2) is 9.28. The molecule has 3 rings (SSSR count). The fraction of sp³-hybridized carbons (Fsp3) is 0.316. The van der Waals surface area contributed by atoms with E-state index < -0.39 is 23.4 Å². The number of nitro benzene ring substituents is 1. The van der Waals surface area contributed by atoms with Crippen molar-refractivity contribution in [3.05, 3.63) is 56.8 Å². The molecule has 0 spiro atoms. The van der Waals surface area contributed by atoms with Crippen LogP contribution in [0.25, 0.3) is 0 Å². The summed E-state index contributed by atoms with van der Waals surface area (Å²) < 4.78 is 5.07. The number of anilines is 1. The van der Waals surface area contributed by atoms with E-state index in [1.165, 1.54) is 35.6 Å². The highest BCUT2D eigenvalue weighted by atomic mass is 32.1. The molecule has 2 heterocycles. The molecule has 2 aromatic rings. The number of piperidine rings is 1. The van der Waals surface area contributed by atoms with E-state index in [0.29, 0.717) is 30.8 Å². The average molecular weight is 417 g/mol. The van der Waals surface area contributed by atoms with Crippen molar-refractivity contribution in [3.8, 4) is 0 Å². The van der Waals surface area contributed by atoms with Gasteiger partial charge in [0.25, 0.3) is 17.5 Å². The number of nitro groups is 1. The third-order valence-corrected chi connectivity index (χ3v) is 5.39. The largest absolute Gasteiger partial charge is 0.455 e. The summed E-state index contributed by atoms with van der Waals surface area (Å²) >= 11 is 1.38. The molecule has 29 heavy (non-hydrogen) atoms. The zero-order chi connectivity index (χ0) is 20.8. The lowest BCUT2D eigenvalue weighted by Crippen LogP contribution is -2.40. The predicted molar refractivity (Wildman–Crippen MR) is 106 cm³/mol. The Morgan fingerprint density at radius 2 is 1.97 bits per heavy atom. The minimum atomic E-state index is -0.579. The summed E-state index contributed by atoms with van der Waals surface area (Å²) in [5.41, 5.74) is 0.101. The average Bonchev–Trinajstić information content (AvgIpc) is 3.26. The van der Waals surface area contributed by atoms with E-state index in [9.17, 15) is 24.5 Å². The Kier molecular flexibility index (Phi) is 6.55. The van der Waals surface area contributed by atoms with Crippen molar-refractivity contribution in [2.45, 2.75) is 12.8 Å². The molecular formula is C19H19N3O6S. The molecule has 152 valence electrons. The Bertz CT molecular complexity index is 906. The first kappa shape index (κ1) is 20.5. The molecule has 1 aromatic carbocycles. The molecule has 0 atom stereocenters. The first-order valence-corrected chi connectivity index (χ1v) is 9.85. The number of amides is 2. The van der Waals surface area contributed by atoms with Crippen molar-refractivity contribution in [1.82, 2.24) is 4.90 Å². The molecule has 10 heteroatoms. The van der Waals surface area contributed by atoms with Crippen molar-refractivity contribution in [2.75, 3.05) is 25.0 Å². The molecule has 9 nitrogen and oxygen atoms in total. The topological polar surface area (TPSA) is 119 Å². The minimum Gasteiger partial charge on any atom is -0.455 e. The van der Waals surface area contributed by atoms with Gasteiger partial charge >= 0.3 is 5.97 Å². The number of carbonyl (C=O) groups is 3. The van der Waals surface area contributed by atoms with Crippen molar-refractivity contribution in [3.63, 3.8) is 0 Å². The minimum absolute atomic E-state index is 0.0388. The van der Waals surface area contributed by atoms with Crippen LogP contribution in [0.4, 0.5) is 11.4 Å². The summed E-state index contributed by atoms with van der Waals surface area (Å²) in [5.74, 6) is -1.47. The van der Waals surface area contributed by atoms with Crippen LogP contribution in [0.1, 0.15) is 22.5 Å². The van der Waals surface area contributed by atoms with E-state index in [1.54, 1.807) is 11.0 Å². The molecule has 0 radical (unpaired) electrons. The highest BCUT2D eigenvalue weighted by molar-refractivity contribution is 7.12. The number of carbonyl (C=O) groups excluding carboxylic acids is 3. The molecule has 1 aliphatic heterocycles. The molecule has 0 saturated carbocycles. The maximum absolute atomic E-state index is 12.3. The van der Waals surface area contributed by atoms with E-state index >= 15 is 0 Å². The number of benzene rings is 1. The lowest BCUT2D eigenvalue weighted by molar-refractivity contribution is -0.384. The van der Waals surface area contributed by atoms with E-state index in [0.717, 1.165) is 0 Å². The monoisotopic (exact) mass is 417 g/mol. The zero-order valence-electron chi connectivity index (χ0n) is 15.4. The lowest BCUT2D eigenvalue weighted by atomic mass is 9.97. The van der Waals surface area contributed by atoms with Crippen molar-refractivity contribution < 1.29 is 24.0 Å². The van der Waals surface area contributed by atoms with Gasteiger partial charge in [-0.25, -0.2) is 0 Å². The van der Waals surface area contributed by atoms with Crippen LogP contribution in [0.15, 0.2) is 41.8 Å². The Balaban J connectivity index is 1.43. The fourth-order valence-electron chi connectivity index (χ4n) is 3.02. The van der Waals surface area contributed by atoms with Crippen LogP contribution in [0.2, 0.25) is 0 Å².